The molecule has 3 heteroatoms. The molecule has 2 aliphatic rings. The molecule has 1 aliphatic carbocycles. The lowest BCUT2D eigenvalue weighted by Gasteiger charge is -2.36. The molecule has 0 bridgehead atoms. The highest BCUT2D eigenvalue weighted by atomic mass is 16.5. The summed E-state index contributed by atoms with van der Waals surface area (Å²) in [5.41, 5.74) is 3.75. The molecule has 1 fully saturated rings. The van der Waals surface area contributed by atoms with Gasteiger partial charge in [0.25, 0.3) is 0 Å². The summed E-state index contributed by atoms with van der Waals surface area (Å²) < 4.78 is 6.40. The fraction of sp³-hybridized carbons (Fsp3) is 0.316. The standard InChI is InChI=1S/C19H19NO2/c1-13-9-10-17(16(21)12-13)22-19-11-5-4-8-18(19)20-15-7-3-2-6-14(15)19/h2-3,6-7,9-10,12,21H,4-5,8,11H2,1H3. The monoisotopic (exact) mass is 293 g/mol. The predicted molar refractivity (Wildman–Crippen MR) is 87.2 cm³/mol. The molecule has 4 rings (SSSR count). The number of aliphatic imine (C=N–C) groups is 1. The minimum Gasteiger partial charge on any atom is -0.504 e. The topological polar surface area (TPSA) is 41.8 Å². The second-order valence-electron chi connectivity index (χ2n) is 6.18. The molecule has 1 aliphatic heterocycles. The van der Waals surface area contributed by atoms with Crippen LogP contribution in [0.1, 0.15) is 36.8 Å². The number of nitrogens with zero attached hydrogens (tertiary/aromatic N) is 1. The minimum atomic E-state index is -0.498. The number of fused-ring (bicyclic) bond motifs is 3. The molecule has 0 saturated heterocycles. The van der Waals surface area contributed by atoms with Crippen molar-refractivity contribution in [3.63, 3.8) is 0 Å². The Balaban J connectivity index is 1.81. The Bertz CT molecular complexity index is 766. The van der Waals surface area contributed by atoms with Gasteiger partial charge in [0.1, 0.15) is 0 Å². The van der Waals surface area contributed by atoms with Gasteiger partial charge >= 0.3 is 0 Å². The number of aromatic hydroxyl groups is 1. The van der Waals surface area contributed by atoms with E-state index < -0.39 is 5.60 Å². The Morgan fingerprint density at radius 3 is 2.86 bits per heavy atom. The van der Waals surface area contributed by atoms with Gasteiger partial charge in [-0.3, -0.25) is 4.99 Å². The third-order valence-electron chi connectivity index (χ3n) is 4.65. The van der Waals surface area contributed by atoms with Gasteiger partial charge < -0.3 is 9.84 Å². The maximum absolute atomic E-state index is 10.2. The first-order chi connectivity index (χ1) is 10.7. The van der Waals surface area contributed by atoms with Crippen molar-refractivity contribution in [2.24, 2.45) is 4.99 Å². The summed E-state index contributed by atoms with van der Waals surface area (Å²) in [6.45, 7) is 1.96. The Labute approximate surface area is 130 Å². The highest BCUT2D eigenvalue weighted by Crippen LogP contribution is 2.49. The molecule has 22 heavy (non-hydrogen) atoms. The van der Waals surface area contributed by atoms with Gasteiger partial charge in [0, 0.05) is 5.56 Å². The highest BCUT2D eigenvalue weighted by molar-refractivity contribution is 6.01. The van der Waals surface area contributed by atoms with Crippen molar-refractivity contribution in [1.29, 1.82) is 0 Å². The van der Waals surface area contributed by atoms with Crippen LogP contribution in [0.2, 0.25) is 0 Å². The molecule has 0 radical (unpaired) electrons. The third kappa shape index (κ3) is 1.92. The summed E-state index contributed by atoms with van der Waals surface area (Å²) in [6.07, 6.45) is 4.13. The number of benzene rings is 2. The van der Waals surface area contributed by atoms with E-state index in [0.29, 0.717) is 5.75 Å². The summed E-state index contributed by atoms with van der Waals surface area (Å²) in [5, 5.41) is 10.2. The van der Waals surface area contributed by atoms with Gasteiger partial charge in [0.05, 0.1) is 11.4 Å². The first-order valence-corrected chi connectivity index (χ1v) is 7.85. The van der Waals surface area contributed by atoms with Gasteiger partial charge in [0.15, 0.2) is 17.1 Å². The molecule has 0 amide bonds. The summed E-state index contributed by atoms with van der Waals surface area (Å²) >= 11 is 0. The van der Waals surface area contributed by atoms with E-state index in [0.717, 1.165) is 48.2 Å². The van der Waals surface area contributed by atoms with E-state index in [-0.39, 0.29) is 5.75 Å². The molecule has 1 unspecified atom stereocenters. The SMILES string of the molecule is Cc1ccc(OC23CCCCC2=Nc2ccccc23)c(O)c1. The number of hydrogen-bond acceptors (Lipinski definition) is 3. The van der Waals surface area contributed by atoms with E-state index in [1.54, 1.807) is 6.07 Å². The van der Waals surface area contributed by atoms with Crippen molar-refractivity contribution < 1.29 is 9.84 Å². The van der Waals surface area contributed by atoms with Crippen LogP contribution in [0.5, 0.6) is 11.5 Å². The third-order valence-corrected chi connectivity index (χ3v) is 4.65. The van der Waals surface area contributed by atoms with E-state index in [1.165, 1.54) is 0 Å². The zero-order valence-corrected chi connectivity index (χ0v) is 12.7. The second-order valence-corrected chi connectivity index (χ2v) is 6.18. The normalized spacial score (nSPS) is 22.7. The molecule has 112 valence electrons. The van der Waals surface area contributed by atoms with E-state index >= 15 is 0 Å². The fourth-order valence-corrected chi connectivity index (χ4v) is 3.57. The smallest absolute Gasteiger partial charge is 0.174 e. The van der Waals surface area contributed by atoms with Crippen LogP contribution in [0.3, 0.4) is 0 Å². The largest absolute Gasteiger partial charge is 0.504 e. The van der Waals surface area contributed by atoms with Crippen molar-refractivity contribution in [3.8, 4) is 11.5 Å². The van der Waals surface area contributed by atoms with Crippen LogP contribution in [0.25, 0.3) is 0 Å². The molecule has 2 aromatic rings. The van der Waals surface area contributed by atoms with Gasteiger partial charge in [-0.15, -0.1) is 0 Å². The molecule has 1 N–H and O–H groups in total. The summed E-state index contributed by atoms with van der Waals surface area (Å²) in [6, 6.07) is 13.7. The Morgan fingerprint density at radius 1 is 1.14 bits per heavy atom. The fourth-order valence-electron chi connectivity index (χ4n) is 3.57. The van der Waals surface area contributed by atoms with Gasteiger partial charge in [-0.05, 0) is 56.4 Å². The number of rotatable bonds is 2. The lowest BCUT2D eigenvalue weighted by atomic mass is 9.79. The zero-order chi connectivity index (χ0) is 15.2. The zero-order valence-electron chi connectivity index (χ0n) is 12.7. The summed E-state index contributed by atoms with van der Waals surface area (Å²) in [4.78, 5) is 4.80. The van der Waals surface area contributed by atoms with E-state index in [4.69, 9.17) is 9.73 Å². The highest BCUT2D eigenvalue weighted by Gasteiger charge is 2.47. The number of hydrogen-bond donors (Lipinski definition) is 1. The molecule has 2 aromatic carbocycles. The lowest BCUT2D eigenvalue weighted by Crippen LogP contribution is -2.41. The maximum Gasteiger partial charge on any atom is 0.174 e. The Morgan fingerprint density at radius 2 is 2.00 bits per heavy atom. The van der Waals surface area contributed by atoms with Crippen LogP contribution in [0.15, 0.2) is 47.5 Å². The number of phenolic OH excluding ortho intramolecular Hbond substituents is 1. The van der Waals surface area contributed by atoms with E-state index in [9.17, 15) is 5.11 Å². The average molecular weight is 293 g/mol. The summed E-state index contributed by atoms with van der Waals surface area (Å²) in [5.74, 6) is 0.737. The van der Waals surface area contributed by atoms with Crippen LogP contribution < -0.4 is 4.74 Å². The molecular formula is C19H19NO2. The molecule has 1 atom stereocenters. The van der Waals surface area contributed by atoms with Gasteiger partial charge in [-0.1, -0.05) is 24.3 Å². The molecule has 1 saturated carbocycles. The van der Waals surface area contributed by atoms with Crippen LogP contribution in [0, 0.1) is 6.92 Å². The number of para-hydroxylation sites is 1. The molecule has 3 nitrogen and oxygen atoms in total. The molecule has 0 aromatic heterocycles. The van der Waals surface area contributed by atoms with Crippen molar-refractivity contribution in [2.45, 2.75) is 38.2 Å². The number of aryl methyl sites for hydroxylation is 1. The van der Waals surface area contributed by atoms with E-state index in [2.05, 4.69) is 6.07 Å². The van der Waals surface area contributed by atoms with Gasteiger partial charge in [0.2, 0.25) is 0 Å². The number of ether oxygens (including phenoxy) is 1. The number of phenols is 1. The predicted octanol–water partition coefficient (Wildman–Crippen LogP) is 4.64. The maximum atomic E-state index is 10.2. The van der Waals surface area contributed by atoms with Crippen molar-refractivity contribution in [3.05, 3.63) is 53.6 Å². The van der Waals surface area contributed by atoms with Gasteiger partial charge in [-0.2, -0.15) is 0 Å². The van der Waals surface area contributed by atoms with Crippen LogP contribution in [-0.4, -0.2) is 10.8 Å². The molecule has 1 heterocycles. The van der Waals surface area contributed by atoms with Crippen LogP contribution in [-0.2, 0) is 5.60 Å². The average Bonchev–Trinajstić information content (AvgIpc) is 2.85. The van der Waals surface area contributed by atoms with Crippen molar-refractivity contribution >= 4 is 11.4 Å². The van der Waals surface area contributed by atoms with Crippen molar-refractivity contribution in [1.82, 2.24) is 0 Å². The molecule has 0 spiro atoms. The first-order valence-electron chi connectivity index (χ1n) is 7.85. The van der Waals surface area contributed by atoms with Crippen molar-refractivity contribution in [2.75, 3.05) is 0 Å². The van der Waals surface area contributed by atoms with Crippen LogP contribution >= 0.6 is 0 Å². The minimum absolute atomic E-state index is 0.198. The molecular weight excluding hydrogens is 274 g/mol. The Hall–Kier alpha value is -2.29. The van der Waals surface area contributed by atoms with Gasteiger partial charge in [-0.25, -0.2) is 0 Å². The quantitative estimate of drug-likeness (QED) is 0.876. The van der Waals surface area contributed by atoms with Crippen LogP contribution in [0.4, 0.5) is 5.69 Å². The lowest BCUT2D eigenvalue weighted by molar-refractivity contribution is 0.116. The summed E-state index contributed by atoms with van der Waals surface area (Å²) in [7, 11) is 0. The van der Waals surface area contributed by atoms with E-state index in [1.807, 2.05) is 37.3 Å². The first kappa shape index (κ1) is 13.4. The Kier molecular flexibility index (Phi) is 2.96. The second kappa shape index (κ2) is 4.87.